The minimum Gasteiger partial charge on any atom is -0.325 e. The van der Waals surface area contributed by atoms with Crippen LogP contribution >= 0.6 is 11.8 Å². The van der Waals surface area contributed by atoms with Crippen LogP contribution < -0.4 is 5.32 Å². The lowest BCUT2D eigenvalue weighted by molar-refractivity contribution is -0.137. The molecule has 0 aliphatic rings. The fourth-order valence-electron chi connectivity index (χ4n) is 1.79. The maximum absolute atomic E-state index is 12.5. The topological polar surface area (TPSA) is 72.7 Å². The van der Waals surface area contributed by atoms with Gasteiger partial charge in [0, 0.05) is 5.69 Å². The number of amides is 1. The Bertz CT molecular complexity index is 699. The van der Waals surface area contributed by atoms with E-state index >= 15 is 0 Å². The third-order valence-corrected chi connectivity index (χ3v) is 4.13. The van der Waals surface area contributed by atoms with Crippen molar-refractivity contribution in [1.82, 2.24) is 20.2 Å². The first-order valence-corrected chi connectivity index (χ1v) is 7.99. The molecule has 1 aromatic heterocycles. The number of carbonyl (C=O) groups excluding carboxylic acids is 1. The van der Waals surface area contributed by atoms with Crippen molar-refractivity contribution in [2.75, 3.05) is 5.32 Å². The first-order chi connectivity index (χ1) is 11.2. The molecular formula is C14H16F3N5OS. The highest BCUT2D eigenvalue weighted by molar-refractivity contribution is 8.00. The Morgan fingerprint density at radius 1 is 1.21 bits per heavy atom. The van der Waals surface area contributed by atoms with E-state index in [-0.39, 0.29) is 11.9 Å². The lowest BCUT2D eigenvalue weighted by Gasteiger charge is -2.13. The predicted molar refractivity (Wildman–Crippen MR) is 83.6 cm³/mol. The number of thioether (sulfide) groups is 1. The van der Waals surface area contributed by atoms with E-state index in [1.54, 1.807) is 11.6 Å². The lowest BCUT2D eigenvalue weighted by Crippen LogP contribution is -2.23. The van der Waals surface area contributed by atoms with Crippen LogP contribution in [-0.2, 0) is 11.0 Å². The zero-order chi connectivity index (χ0) is 17.9. The number of tetrazole rings is 1. The summed E-state index contributed by atoms with van der Waals surface area (Å²) >= 11 is 1.17. The van der Waals surface area contributed by atoms with Crippen molar-refractivity contribution in [3.63, 3.8) is 0 Å². The van der Waals surface area contributed by atoms with Gasteiger partial charge in [0.25, 0.3) is 0 Å². The van der Waals surface area contributed by atoms with Gasteiger partial charge in [-0.1, -0.05) is 11.8 Å². The van der Waals surface area contributed by atoms with Gasteiger partial charge in [0.1, 0.15) is 0 Å². The average Bonchev–Trinajstić information content (AvgIpc) is 2.95. The van der Waals surface area contributed by atoms with Crippen molar-refractivity contribution >= 4 is 23.4 Å². The SMILES string of the molecule is CC(Sc1nnnn1C(C)C)C(=O)Nc1ccc(C(F)(F)F)cc1. The highest BCUT2D eigenvalue weighted by Gasteiger charge is 2.30. The van der Waals surface area contributed by atoms with Gasteiger partial charge in [-0.3, -0.25) is 4.79 Å². The van der Waals surface area contributed by atoms with Crippen molar-refractivity contribution < 1.29 is 18.0 Å². The van der Waals surface area contributed by atoms with Gasteiger partial charge in [-0.25, -0.2) is 4.68 Å². The number of benzene rings is 1. The first kappa shape index (κ1) is 18.2. The van der Waals surface area contributed by atoms with Crippen molar-refractivity contribution in [2.45, 2.75) is 43.4 Å². The quantitative estimate of drug-likeness (QED) is 0.829. The van der Waals surface area contributed by atoms with Gasteiger partial charge in [0.2, 0.25) is 11.1 Å². The second-order valence-electron chi connectivity index (χ2n) is 5.32. The molecule has 1 heterocycles. The van der Waals surface area contributed by atoms with E-state index in [2.05, 4.69) is 20.8 Å². The molecule has 24 heavy (non-hydrogen) atoms. The third kappa shape index (κ3) is 4.47. The number of rotatable bonds is 5. The van der Waals surface area contributed by atoms with Gasteiger partial charge in [0.15, 0.2) is 0 Å². The second kappa shape index (κ2) is 7.20. The molecule has 130 valence electrons. The summed E-state index contributed by atoms with van der Waals surface area (Å²) in [6.45, 7) is 5.49. The van der Waals surface area contributed by atoms with Gasteiger partial charge in [0.05, 0.1) is 16.9 Å². The summed E-state index contributed by atoms with van der Waals surface area (Å²) in [5.41, 5.74) is -0.470. The molecule has 1 atom stereocenters. The summed E-state index contributed by atoms with van der Waals surface area (Å²) < 4.78 is 39.1. The number of nitrogens with one attached hydrogen (secondary N) is 1. The molecule has 0 radical (unpaired) electrons. The predicted octanol–water partition coefficient (Wildman–Crippen LogP) is 3.39. The van der Waals surface area contributed by atoms with Crippen molar-refractivity contribution in [3.05, 3.63) is 29.8 Å². The van der Waals surface area contributed by atoms with Crippen LogP contribution in [0.3, 0.4) is 0 Å². The van der Waals surface area contributed by atoms with Gasteiger partial charge in [-0.15, -0.1) is 5.10 Å². The Morgan fingerprint density at radius 2 is 1.83 bits per heavy atom. The van der Waals surface area contributed by atoms with Crippen molar-refractivity contribution in [1.29, 1.82) is 0 Å². The van der Waals surface area contributed by atoms with E-state index in [0.29, 0.717) is 10.8 Å². The number of halogens is 3. The standard InChI is InChI=1S/C14H16F3N5OS/c1-8(2)22-13(19-20-21-22)24-9(3)12(23)18-11-6-4-10(5-7-11)14(15,16)17/h4-9H,1-3H3,(H,18,23). The maximum atomic E-state index is 12.5. The first-order valence-electron chi connectivity index (χ1n) is 7.11. The van der Waals surface area contributed by atoms with Crippen molar-refractivity contribution in [3.8, 4) is 0 Å². The maximum Gasteiger partial charge on any atom is 0.416 e. The second-order valence-corrected chi connectivity index (χ2v) is 6.63. The van der Waals surface area contributed by atoms with E-state index in [4.69, 9.17) is 0 Å². The highest BCUT2D eigenvalue weighted by Crippen LogP contribution is 2.30. The summed E-state index contributed by atoms with van der Waals surface area (Å²) in [6, 6.07) is 4.33. The van der Waals surface area contributed by atoms with Gasteiger partial charge in [-0.05, 0) is 55.5 Å². The lowest BCUT2D eigenvalue weighted by atomic mass is 10.2. The fourth-order valence-corrected chi connectivity index (χ4v) is 2.71. The fraction of sp³-hybridized carbons (Fsp3) is 0.429. The molecule has 2 aromatic rings. The molecule has 0 aliphatic carbocycles. The van der Waals surface area contributed by atoms with Crippen LogP contribution in [0.5, 0.6) is 0 Å². The summed E-state index contributed by atoms with van der Waals surface area (Å²) in [4.78, 5) is 12.2. The van der Waals surface area contributed by atoms with Gasteiger partial charge >= 0.3 is 6.18 Å². The molecule has 0 aliphatic heterocycles. The van der Waals surface area contributed by atoms with Crippen LogP contribution in [0.4, 0.5) is 18.9 Å². The Balaban J connectivity index is 2.00. The van der Waals surface area contributed by atoms with Gasteiger partial charge < -0.3 is 5.32 Å². The summed E-state index contributed by atoms with van der Waals surface area (Å²) in [6.07, 6.45) is -4.40. The molecule has 1 N–H and O–H groups in total. The Hall–Kier alpha value is -2.10. The van der Waals surface area contributed by atoms with Crippen LogP contribution in [-0.4, -0.2) is 31.4 Å². The number of aromatic nitrogens is 4. The Morgan fingerprint density at radius 3 is 2.38 bits per heavy atom. The monoisotopic (exact) mass is 359 g/mol. The summed E-state index contributed by atoms with van der Waals surface area (Å²) in [5, 5.41) is 13.8. The van der Waals surface area contributed by atoms with Crippen LogP contribution in [0.2, 0.25) is 0 Å². The van der Waals surface area contributed by atoms with Gasteiger partial charge in [-0.2, -0.15) is 13.2 Å². The average molecular weight is 359 g/mol. The minimum atomic E-state index is -4.40. The molecule has 0 spiro atoms. The van der Waals surface area contributed by atoms with E-state index in [1.165, 1.54) is 23.9 Å². The Kier molecular flexibility index (Phi) is 5.47. The number of alkyl halides is 3. The molecule has 1 unspecified atom stereocenters. The van der Waals surface area contributed by atoms with Crippen LogP contribution in [0.25, 0.3) is 0 Å². The molecule has 0 saturated heterocycles. The van der Waals surface area contributed by atoms with Crippen LogP contribution in [0, 0.1) is 0 Å². The Labute approximate surface area is 140 Å². The molecule has 6 nitrogen and oxygen atoms in total. The van der Waals surface area contributed by atoms with Crippen LogP contribution in [0.15, 0.2) is 29.4 Å². The largest absolute Gasteiger partial charge is 0.416 e. The highest BCUT2D eigenvalue weighted by atomic mass is 32.2. The minimum absolute atomic E-state index is 0.0488. The number of nitrogens with zero attached hydrogens (tertiary/aromatic N) is 4. The zero-order valence-electron chi connectivity index (χ0n) is 13.2. The zero-order valence-corrected chi connectivity index (χ0v) is 14.0. The summed E-state index contributed by atoms with van der Waals surface area (Å²) in [7, 11) is 0. The third-order valence-electron chi connectivity index (χ3n) is 3.08. The number of anilines is 1. The molecule has 0 fully saturated rings. The molecule has 0 bridgehead atoms. The molecule has 1 aromatic carbocycles. The number of carbonyl (C=O) groups is 1. The number of hydrogen-bond acceptors (Lipinski definition) is 5. The smallest absolute Gasteiger partial charge is 0.325 e. The molecule has 10 heteroatoms. The van der Waals surface area contributed by atoms with Crippen LogP contribution in [0.1, 0.15) is 32.4 Å². The van der Waals surface area contributed by atoms with E-state index in [1.807, 2.05) is 13.8 Å². The normalized spacial score (nSPS) is 13.1. The van der Waals surface area contributed by atoms with E-state index < -0.39 is 17.0 Å². The molecule has 2 rings (SSSR count). The van der Waals surface area contributed by atoms with E-state index in [9.17, 15) is 18.0 Å². The molecule has 1 amide bonds. The number of hydrogen-bond donors (Lipinski definition) is 1. The molecular weight excluding hydrogens is 343 g/mol. The van der Waals surface area contributed by atoms with E-state index in [0.717, 1.165) is 12.1 Å². The van der Waals surface area contributed by atoms with Crippen molar-refractivity contribution in [2.24, 2.45) is 0 Å². The summed E-state index contributed by atoms with van der Waals surface area (Å²) in [5.74, 6) is -0.349. The molecule has 0 saturated carbocycles.